The molecule has 0 aromatic heterocycles. The van der Waals surface area contributed by atoms with E-state index in [4.69, 9.17) is 4.74 Å². The minimum absolute atomic E-state index is 0.0889. The molecule has 0 radical (unpaired) electrons. The SMILES string of the molecule is Cc1ccccc1NC(=O)COC(=O)[C@H]1CC(=O)N(c2cccc(C)c2C)C1. The lowest BCUT2D eigenvalue weighted by Crippen LogP contribution is -2.28. The van der Waals surface area contributed by atoms with E-state index < -0.39 is 17.8 Å². The molecule has 0 aliphatic carbocycles. The van der Waals surface area contributed by atoms with Gasteiger partial charge in [-0.1, -0.05) is 30.3 Å². The van der Waals surface area contributed by atoms with Gasteiger partial charge in [0.2, 0.25) is 5.91 Å². The van der Waals surface area contributed by atoms with Gasteiger partial charge in [0.1, 0.15) is 0 Å². The normalized spacial score (nSPS) is 16.2. The lowest BCUT2D eigenvalue weighted by Gasteiger charge is -2.20. The van der Waals surface area contributed by atoms with Gasteiger partial charge in [-0.05, 0) is 49.6 Å². The summed E-state index contributed by atoms with van der Waals surface area (Å²) in [4.78, 5) is 38.4. The monoisotopic (exact) mass is 380 g/mol. The summed E-state index contributed by atoms with van der Waals surface area (Å²) < 4.78 is 5.16. The van der Waals surface area contributed by atoms with Gasteiger partial charge in [0.25, 0.3) is 5.91 Å². The fourth-order valence-electron chi connectivity index (χ4n) is 3.28. The third-order valence-corrected chi connectivity index (χ3v) is 5.09. The maximum absolute atomic E-state index is 12.4. The van der Waals surface area contributed by atoms with Crippen molar-refractivity contribution in [2.45, 2.75) is 27.2 Å². The van der Waals surface area contributed by atoms with Crippen molar-refractivity contribution in [3.8, 4) is 0 Å². The Morgan fingerprint density at radius 2 is 1.79 bits per heavy atom. The van der Waals surface area contributed by atoms with Crippen LogP contribution in [-0.2, 0) is 19.1 Å². The molecule has 1 fully saturated rings. The Morgan fingerprint density at radius 1 is 1.07 bits per heavy atom. The molecule has 1 heterocycles. The number of benzene rings is 2. The molecule has 0 spiro atoms. The number of nitrogens with one attached hydrogen (secondary N) is 1. The predicted molar refractivity (Wildman–Crippen MR) is 107 cm³/mol. The fraction of sp³-hybridized carbons (Fsp3) is 0.318. The van der Waals surface area contributed by atoms with Crippen LogP contribution in [0, 0.1) is 26.7 Å². The van der Waals surface area contributed by atoms with Gasteiger partial charge in [0.05, 0.1) is 5.92 Å². The summed E-state index contributed by atoms with van der Waals surface area (Å²) in [6, 6.07) is 13.1. The van der Waals surface area contributed by atoms with E-state index >= 15 is 0 Å². The van der Waals surface area contributed by atoms with Crippen LogP contribution in [0.15, 0.2) is 42.5 Å². The topological polar surface area (TPSA) is 75.7 Å². The van der Waals surface area contributed by atoms with Gasteiger partial charge in [-0.3, -0.25) is 14.4 Å². The van der Waals surface area contributed by atoms with Crippen molar-refractivity contribution >= 4 is 29.2 Å². The molecule has 1 aliphatic rings. The van der Waals surface area contributed by atoms with E-state index in [1.807, 2.05) is 57.2 Å². The van der Waals surface area contributed by atoms with E-state index in [0.29, 0.717) is 5.69 Å². The number of rotatable bonds is 5. The maximum atomic E-state index is 12.4. The number of esters is 1. The van der Waals surface area contributed by atoms with Crippen molar-refractivity contribution in [2.75, 3.05) is 23.4 Å². The summed E-state index contributed by atoms with van der Waals surface area (Å²) in [7, 11) is 0. The smallest absolute Gasteiger partial charge is 0.311 e. The highest BCUT2D eigenvalue weighted by atomic mass is 16.5. The molecule has 0 bridgehead atoms. The van der Waals surface area contributed by atoms with Crippen molar-refractivity contribution < 1.29 is 19.1 Å². The van der Waals surface area contributed by atoms with E-state index in [-0.39, 0.29) is 25.5 Å². The van der Waals surface area contributed by atoms with Crippen molar-refractivity contribution in [1.29, 1.82) is 0 Å². The van der Waals surface area contributed by atoms with E-state index in [0.717, 1.165) is 22.4 Å². The maximum Gasteiger partial charge on any atom is 0.311 e. The Morgan fingerprint density at radius 3 is 2.54 bits per heavy atom. The van der Waals surface area contributed by atoms with Gasteiger partial charge >= 0.3 is 5.97 Å². The highest BCUT2D eigenvalue weighted by Crippen LogP contribution is 2.29. The first-order valence-corrected chi connectivity index (χ1v) is 9.25. The van der Waals surface area contributed by atoms with Crippen LogP contribution in [0.5, 0.6) is 0 Å². The number of ether oxygens (including phenoxy) is 1. The van der Waals surface area contributed by atoms with Crippen LogP contribution in [0.2, 0.25) is 0 Å². The lowest BCUT2D eigenvalue weighted by atomic mass is 10.1. The van der Waals surface area contributed by atoms with Gasteiger partial charge in [-0.25, -0.2) is 0 Å². The first kappa shape index (κ1) is 19.6. The van der Waals surface area contributed by atoms with Gasteiger partial charge in [0, 0.05) is 24.3 Å². The van der Waals surface area contributed by atoms with Crippen LogP contribution in [0.4, 0.5) is 11.4 Å². The second-order valence-electron chi connectivity index (χ2n) is 7.10. The first-order chi connectivity index (χ1) is 13.4. The Labute approximate surface area is 164 Å². The molecule has 6 heteroatoms. The van der Waals surface area contributed by atoms with Crippen molar-refractivity contribution in [3.05, 3.63) is 59.2 Å². The zero-order chi connectivity index (χ0) is 20.3. The zero-order valence-corrected chi connectivity index (χ0v) is 16.3. The van der Waals surface area contributed by atoms with E-state index in [1.54, 1.807) is 11.0 Å². The fourth-order valence-corrected chi connectivity index (χ4v) is 3.28. The van der Waals surface area contributed by atoms with Crippen molar-refractivity contribution in [2.24, 2.45) is 5.92 Å². The minimum atomic E-state index is -0.571. The zero-order valence-electron chi connectivity index (χ0n) is 16.3. The predicted octanol–water partition coefficient (Wildman–Crippen LogP) is 3.15. The molecular weight excluding hydrogens is 356 g/mol. The van der Waals surface area contributed by atoms with Gasteiger partial charge in [-0.2, -0.15) is 0 Å². The standard InChI is InChI=1S/C22H24N2O4/c1-14-8-6-10-19(16(14)3)24-12-17(11-21(24)26)22(27)28-13-20(25)23-18-9-5-4-7-15(18)2/h4-10,17H,11-13H2,1-3H3,(H,23,25)/t17-/m0/s1. The van der Waals surface area contributed by atoms with E-state index in [9.17, 15) is 14.4 Å². The molecular formula is C22H24N2O4. The van der Waals surface area contributed by atoms with Gasteiger partial charge in [-0.15, -0.1) is 0 Å². The van der Waals surface area contributed by atoms with Crippen LogP contribution in [0.1, 0.15) is 23.1 Å². The molecule has 1 N–H and O–H groups in total. The Hall–Kier alpha value is -3.15. The average Bonchev–Trinajstić information content (AvgIpc) is 3.05. The van der Waals surface area contributed by atoms with E-state index in [1.165, 1.54) is 0 Å². The minimum Gasteiger partial charge on any atom is -0.455 e. The molecule has 0 unspecified atom stereocenters. The highest BCUT2D eigenvalue weighted by molar-refractivity contribution is 6.00. The van der Waals surface area contributed by atoms with Gasteiger partial charge in [0.15, 0.2) is 6.61 Å². The number of nitrogens with zero attached hydrogens (tertiary/aromatic N) is 1. The summed E-state index contributed by atoms with van der Waals surface area (Å²) in [6.45, 7) is 5.72. The molecule has 1 aliphatic heterocycles. The third kappa shape index (κ3) is 4.22. The molecule has 146 valence electrons. The number of hydrogen-bond acceptors (Lipinski definition) is 4. The number of hydrogen-bond donors (Lipinski definition) is 1. The van der Waals surface area contributed by atoms with Crippen molar-refractivity contribution in [1.82, 2.24) is 0 Å². The molecule has 2 aromatic carbocycles. The lowest BCUT2D eigenvalue weighted by molar-refractivity contribution is -0.151. The number of para-hydroxylation sites is 1. The highest BCUT2D eigenvalue weighted by Gasteiger charge is 2.37. The second kappa shape index (κ2) is 8.25. The summed E-state index contributed by atoms with van der Waals surface area (Å²) in [5.74, 6) is -1.61. The molecule has 0 saturated carbocycles. The number of carbonyl (C=O) groups is 3. The van der Waals surface area contributed by atoms with Crippen molar-refractivity contribution in [3.63, 3.8) is 0 Å². The first-order valence-electron chi connectivity index (χ1n) is 9.25. The Balaban J connectivity index is 1.57. The van der Waals surface area contributed by atoms with Crippen LogP contribution < -0.4 is 10.2 Å². The molecule has 6 nitrogen and oxygen atoms in total. The Kier molecular flexibility index (Phi) is 5.78. The molecule has 2 amide bonds. The van der Waals surface area contributed by atoms with Crippen LogP contribution >= 0.6 is 0 Å². The number of aryl methyl sites for hydroxylation is 2. The molecule has 28 heavy (non-hydrogen) atoms. The molecule has 1 atom stereocenters. The largest absolute Gasteiger partial charge is 0.455 e. The van der Waals surface area contributed by atoms with E-state index in [2.05, 4.69) is 5.32 Å². The number of amides is 2. The molecule has 3 rings (SSSR count). The molecule has 1 saturated heterocycles. The second-order valence-corrected chi connectivity index (χ2v) is 7.10. The van der Waals surface area contributed by atoms with Crippen LogP contribution in [-0.4, -0.2) is 30.9 Å². The Bertz CT molecular complexity index is 923. The summed E-state index contributed by atoms with van der Waals surface area (Å²) in [6.07, 6.45) is 0.0889. The molecule has 2 aromatic rings. The van der Waals surface area contributed by atoms with Crippen LogP contribution in [0.25, 0.3) is 0 Å². The summed E-state index contributed by atoms with van der Waals surface area (Å²) in [5.41, 5.74) is 4.53. The summed E-state index contributed by atoms with van der Waals surface area (Å²) >= 11 is 0. The number of anilines is 2. The quantitative estimate of drug-likeness (QED) is 0.809. The van der Waals surface area contributed by atoms with Gasteiger partial charge < -0.3 is 15.0 Å². The number of carbonyl (C=O) groups excluding carboxylic acids is 3. The third-order valence-electron chi connectivity index (χ3n) is 5.09. The van der Waals surface area contributed by atoms with Crippen LogP contribution in [0.3, 0.4) is 0 Å². The summed E-state index contributed by atoms with van der Waals surface area (Å²) in [5, 5.41) is 2.72. The average molecular weight is 380 g/mol.